The van der Waals surface area contributed by atoms with E-state index in [1.54, 1.807) is 4.90 Å². The number of amides is 1. The van der Waals surface area contributed by atoms with E-state index in [1.165, 1.54) is 0 Å². The van der Waals surface area contributed by atoms with E-state index >= 15 is 0 Å². The molecular formula is C12H20FNO2. The number of halogens is 1. The molecule has 0 N–H and O–H groups in total. The van der Waals surface area contributed by atoms with Gasteiger partial charge < -0.3 is 9.64 Å². The van der Waals surface area contributed by atoms with E-state index in [4.69, 9.17) is 4.74 Å². The lowest BCUT2D eigenvalue weighted by Gasteiger charge is -2.37. The van der Waals surface area contributed by atoms with Gasteiger partial charge >= 0.3 is 6.09 Å². The Kier molecular flexibility index (Phi) is 2.84. The van der Waals surface area contributed by atoms with Crippen molar-refractivity contribution < 1.29 is 13.9 Å². The van der Waals surface area contributed by atoms with E-state index in [2.05, 4.69) is 0 Å². The maximum absolute atomic E-state index is 13.3. The van der Waals surface area contributed by atoms with Crippen molar-refractivity contribution in [3.8, 4) is 0 Å². The van der Waals surface area contributed by atoms with E-state index in [9.17, 15) is 9.18 Å². The summed E-state index contributed by atoms with van der Waals surface area (Å²) in [6.07, 6.45) is 1.79. The smallest absolute Gasteiger partial charge is 0.410 e. The van der Waals surface area contributed by atoms with Gasteiger partial charge in [0.2, 0.25) is 0 Å². The zero-order chi connectivity index (χ0) is 11.9. The number of piperidine rings is 1. The molecule has 0 aromatic heterocycles. The summed E-state index contributed by atoms with van der Waals surface area (Å²) in [5, 5.41) is 0. The number of rotatable bonds is 0. The molecule has 1 unspecified atom stereocenters. The summed E-state index contributed by atoms with van der Waals surface area (Å²) in [6.45, 7) is 5.57. The minimum absolute atomic E-state index is 0.0589. The van der Waals surface area contributed by atoms with Crippen molar-refractivity contribution in [3.63, 3.8) is 0 Å². The van der Waals surface area contributed by atoms with Crippen LogP contribution in [-0.4, -0.2) is 34.8 Å². The van der Waals surface area contributed by atoms with Gasteiger partial charge in [-0.25, -0.2) is 9.18 Å². The third kappa shape index (κ3) is 2.30. The van der Waals surface area contributed by atoms with E-state index in [0.717, 1.165) is 12.8 Å². The van der Waals surface area contributed by atoms with Crippen LogP contribution in [0.5, 0.6) is 0 Å². The topological polar surface area (TPSA) is 29.5 Å². The third-order valence-corrected chi connectivity index (χ3v) is 3.28. The molecule has 0 spiro atoms. The predicted octanol–water partition coefficient (Wildman–Crippen LogP) is 2.89. The second kappa shape index (κ2) is 3.90. The highest BCUT2D eigenvalue weighted by molar-refractivity contribution is 5.69. The van der Waals surface area contributed by atoms with Crippen molar-refractivity contribution in [2.45, 2.75) is 70.3 Å². The summed E-state index contributed by atoms with van der Waals surface area (Å²) in [5.41, 5.74) is -0.469. The minimum atomic E-state index is -0.740. The molecule has 2 rings (SSSR count). The monoisotopic (exact) mass is 229 g/mol. The van der Waals surface area contributed by atoms with Crippen molar-refractivity contribution in [2.24, 2.45) is 0 Å². The first-order chi connectivity index (χ1) is 7.37. The Labute approximate surface area is 95.9 Å². The van der Waals surface area contributed by atoms with Gasteiger partial charge in [0, 0.05) is 12.1 Å². The summed E-state index contributed by atoms with van der Waals surface area (Å²) in [6, 6.07) is 0.118. The van der Waals surface area contributed by atoms with E-state index < -0.39 is 11.8 Å². The highest BCUT2D eigenvalue weighted by Crippen LogP contribution is 2.37. The molecule has 0 aromatic rings. The highest BCUT2D eigenvalue weighted by Gasteiger charge is 2.44. The molecule has 2 aliphatic rings. The number of ether oxygens (including phenoxy) is 1. The van der Waals surface area contributed by atoms with Gasteiger partial charge in [0.1, 0.15) is 11.8 Å². The minimum Gasteiger partial charge on any atom is -0.444 e. The molecule has 92 valence electrons. The average molecular weight is 229 g/mol. The van der Waals surface area contributed by atoms with Gasteiger partial charge in [-0.3, -0.25) is 0 Å². The van der Waals surface area contributed by atoms with Crippen LogP contribution in [0.4, 0.5) is 9.18 Å². The van der Waals surface area contributed by atoms with Crippen LogP contribution in [0, 0.1) is 0 Å². The summed E-state index contributed by atoms with van der Waals surface area (Å²) < 4.78 is 18.7. The maximum Gasteiger partial charge on any atom is 0.410 e. The summed E-state index contributed by atoms with van der Waals surface area (Å²) in [7, 11) is 0. The number of carbonyl (C=O) groups excluding carboxylic acids is 1. The molecule has 2 saturated heterocycles. The lowest BCUT2D eigenvalue weighted by Crippen LogP contribution is -2.49. The molecule has 0 aromatic carbocycles. The molecule has 0 saturated carbocycles. The Morgan fingerprint density at radius 3 is 2.19 bits per heavy atom. The van der Waals surface area contributed by atoms with Crippen molar-refractivity contribution >= 4 is 6.09 Å². The fourth-order valence-electron chi connectivity index (χ4n) is 2.72. The lowest BCUT2D eigenvalue weighted by atomic mass is 10.0. The first kappa shape index (κ1) is 11.7. The van der Waals surface area contributed by atoms with Crippen LogP contribution in [-0.2, 0) is 4.74 Å². The Hall–Kier alpha value is -0.800. The third-order valence-electron chi connectivity index (χ3n) is 3.28. The first-order valence-electron chi connectivity index (χ1n) is 6.02. The average Bonchev–Trinajstić information content (AvgIpc) is 2.36. The van der Waals surface area contributed by atoms with Gasteiger partial charge in [-0.1, -0.05) is 0 Å². The Bertz CT molecular complexity index is 273. The SMILES string of the molecule is CC(C)(C)OC(=O)N1C2CC[C@H]1C[C@@H](F)C2. The van der Waals surface area contributed by atoms with Gasteiger partial charge in [0.05, 0.1) is 0 Å². The van der Waals surface area contributed by atoms with Crippen LogP contribution in [0.15, 0.2) is 0 Å². The molecule has 2 bridgehead atoms. The standard InChI is InChI=1S/C12H20FNO2/c1-12(2,3)16-11(15)14-9-4-5-10(14)7-8(13)6-9/h8-10H,4-7H2,1-3H3/t8-,9+,10?/m1/s1. The second-order valence-electron chi connectivity index (χ2n) is 5.84. The van der Waals surface area contributed by atoms with Gasteiger partial charge in [0.25, 0.3) is 0 Å². The van der Waals surface area contributed by atoms with Crippen molar-refractivity contribution in [1.29, 1.82) is 0 Å². The number of carbonyl (C=O) groups is 1. The quantitative estimate of drug-likeness (QED) is 0.639. The molecule has 4 heteroatoms. The molecule has 3 atom stereocenters. The zero-order valence-corrected chi connectivity index (χ0v) is 10.2. The van der Waals surface area contributed by atoms with Gasteiger partial charge in [0.15, 0.2) is 0 Å². The van der Waals surface area contributed by atoms with Gasteiger partial charge in [-0.05, 0) is 46.5 Å². The van der Waals surface area contributed by atoms with Crippen LogP contribution < -0.4 is 0 Å². The molecule has 2 heterocycles. The molecular weight excluding hydrogens is 209 g/mol. The van der Waals surface area contributed by atoms with Gasteiger partial charge in [-0.15, -0.1) is 0 Å². The van der Waals surface area contributed by atoms with Crippen molar-refractivity contribution in [1.82, 2.24) is 4.90 Å². The Balaban J connectivity index is 2.03. The second-order valence-corrected chi connectivity index (χ2v) is 5.84. The first-order valence-corrected chi connectivity index (χ1v) is 6.02. The molecule has 16 heavy (non-hydrogen) atoms. The molecule has 3 nitrogen and oxygen atoms in total. The van der Waals surface area contributed by atoms with Gasteiger partial charge in [-0.2, -0.15) is 0 Å². The van der Waals surface area contributed by atoms with Crippen molar-refractivity contribution in [2.75, 3.05) is 0 Å². The normalized spacial score (nSPS) is 34.0. The summed E-state index contributed by atoms with van der Waals surface area (Å²) >= 11 is 0. The molecule has 1 amide bonds. The fourth-order valence-corrected chi connectivity index (χ4v) is 2.72. The van der Waals surface area contributed by atoms with Crippen molar-refractivity contribution in [3.05, 3.63) is 0 Å². The van der Waals surface area contributed by atoms with Crippen LogP contribution >= 0.6 is 0 Å². The van der Waals surface area contributed by atoms with E-state index in [-0.39, 0.29) is 18.2 Å². The molecule has 2 aliphatic heterocycles. The molecule has 2 fully saturated rings. The number of nitrogens with zero attached hydrogens (tertiary/aromatic N) is 1. The molecule has 0 radical (unpaired) electrons. The zero-order valence-electron chi connectivity index (χ0n) is 10.2. The van der Waals surface area contributed by atoms with Crippen LogP contribution in [0.3, 0.4) is 0 Å². The van der Waals surface area contributed by atoms with Crippen LogP contribution in [0.25, 0.3) is 0 Å². The summed E-state index contributed by atoms with van der Waals surface area (Å²) in [4.78, 5) is 13.7. The Morgan fingerprint density at radius 1 is 1.25 bits per heavy atom. The maximum atomic E-state index is 13.3. The number of hydrogen-bond donors (Lipinski definition) is 0. The van der Waals surface area contributed by atoms with E-state index in [1.807, 2.05) is 20.8 Å². The molecule has 0 aliphatic carbocycles. The number of hydrogen-bond acceptors (Lipinski definition) is 2. The highest BCUT2D eigenvalue weighted by atomic mass is 19.1. The van der Waals surface area contributed by atoms with Crippen LogP contribution in [0.1, 0.15) is 46.5 Å². The van der Waals surface area contributed by atoms with Crippen LogP contribution in [0.2, 0.25) is 0 Å². The van der Waals surface area contributed by atoms with E-state index in [0.29, 0.717) is 12.8 Å². The lowest BCUT2D eigenvalue weighted by molar-refractivity contribution is -0.000483. The number of fused-ring (bicyclic) bond motifs is 2. The number of alkyl halides is 1. The summed E-state index contributed by atoms with van der Waals surface area (Å²) in [5.74, 6) is 0. The largest absolute Gasteiger partial charge is 0.444 e. The predicted molar refractivity (Wildman–Crippen MR) is 59.0 cm³/mol. The Morgan fingerprint density at radius 2 is 1.75 bits per heavy atom. The fraction of sp³-hybridized carbons (Fsp3) is 0.917.